The van der Waals surface area contributed by atoms with Crippen molar-refractivity contribution in [1.29, 1.82) is 0 Å². The summed E-state index contributed by atoms with van der Waals surface area (Å²) in [5.41, 5.74) is 0. The van der Waals surface area contributed by atoms with Gasteiger partial charge in [0.25, 0.3) is 0 Å². The predicted octanol–water partition coefficient (Wildman–Crippen LogP) is 4.03. The maximum Gasteiger partial charge on any atom is -0.0533 e. The molecule has 0 aromatic rings. The molecule has 0 aromatic carbocycles. The lowest BCUT2D eigenvalue weighted by atomic mass is 10.1. The van der Waals surface area contributed by atoms with E-state index in [0.717, 1.165) is 0 Å². The van der Waals surface area contributed by atoms with E-state index in [4.69, 9.17) is 8.76 Å². The molecule has 0 saturated carbocycles. The highest BCUT2D eigenvalue weighted by atomic mass is 32.8. The topological polar surface area (TPSA) is 37.3 Å². The molecule has 0 amide bonds. The van der Waals surface area contributed by atoms with Gasteiger partial charge in [-0.25, -0.2) is 11.2 Å². The minimum atomic E-state index is -2.03. The fraction of sp³-hybridized carbons (Fsp3) is 1.00. The van der Waals surface area contributed by atoms with Crippen LogP contribution in [0.4, 0.5) is 0 Å². The third-order valence-corrected chi connectivity index (χ3v) is 1.96. The Bertz CT molecular complexity index is 140. The molecular formula is C10H23O2S2-. The van der Waals surface area contributed by atoms with Crippen molar-refractivity contribution in [3.8, 4) is 0 Å². The Morgan fingerprint density at radius 2 is 1.14 bits per heavy atom. The summed E-state index contributed by atoms with van der Waals surface area (Å²) in [5, 5.41) is 0. The SMILES string of the molecule is CCCCCCCCCC.O=[S-](O)=S. The number of rotatable bonds is 7. The van der Waals surface area contributed by atoms with Gasteiger partial charge in [-0.3, -0.25) is 0 Å². The largest absolute Gasteiger partial charge is 0.459 e. The molecule has 1 N–H and O–H groups in total. The average molecular weight is 239 g/mol. The van der Waals surface area contributed by atoms with Crippen LogP contribution in [0.3, 0.4) is 0 Å². The first-order valence-corrected chi connectivity index (χ1v) is 7.46. The third kappa shape index (κ3) is 29.5. The van der Waals surface area contributed by atoms with E-state index in [-0.39, 0.29) is 0 Å². The molecule has 0 aromatic heterocycles. The van der Waals surface area contributed by atoms with Gasteiger partial charge in [-0.2, -0.15) is 0 Å². The molecule has 0 radical (unpaired) electrons. The van der Waals surface area contributed by atoms with Crippen molar-refractivity contribution in [2.45, 2.75) is 65.2 Å². The van der Waals surface area contributed by atoms with Crippen molar-refractivity contribution in [2.24, 2.45) is 0 Å². The van der Waals surface area contributed by atoms with Crippen molar-refractivity contribution in [1.82, 2.24) is 0 Å². The van der Waals surface area contributed by atoms with Crippen molar-refractivity contribution in [2.75, 3.05) is 0 Å². The Labute approximate surface area is 95.0 Å². The molecule has 0 aliphatic heterocycles. The van der Waals surface area contributed by atoms with Crippen LogP contribution in [0.2, 0.25) is 0 Å². The lowest BCUT2D eigenvalue weighted by molar-refractivity contribution is 0.536. The van der Waals surface area contributed by atoms with Crippen LogP contribution < -0.4 is 0 Å². The van der Waals surface area contributed by atoms with Gasteiger partial charge >= 0.3 is 0 Å². The predicted molar refractivity (Wildman–Crippen MR) is 66.3 cm³/mol. The van der Waals surface area contributed by atoms with Crippen LogP contribution in [-0.4, -0.2) is 4.55 Å². The molecular weight excluding hydrogens is 216 g/mol. The third-order valence-electron chi connectivity index (χ3n) is 1.96. The van der Waals surface area contributed by atoms with Gasteiger partial charge < -0.3 is 8.76 Å². The van der Waals surface area contributed by atoms with Gasteiger partial charge in [-0.15, -0.1) is 0 Å². The van der Waals surface area contributed by atoms with Crippen LogP contribution in [0, 0.1) is 0 Å². The molecule has 0 aliphatic rings. The maximum atomic E-state index is 8.93. The summed E-state index contributed by atoms with van der Waals surface area (Å²) in [6, 6.07) is 0. The van der Waals surface area contributed by atoms with Crippen molar-refractivity contribution < 1.29 is 8.76 Å². The summed E-state index contributed by atoms with van der Waals surface area (Å²) in [4.78, 5) is 0. The van der Waals surface area contributed by atoms with E-state index >= 15 is 0 Å². The molecule has 0 spiro atoms. The smallest absolute Gasteiger partial charge is 0.0533 e. The van der Waals surface area contributed by atoms with Crippen LogP contribution >= 0.6 is 0 Å². The Kier molecular flexibility index (Phi) is 18.9. The van der Waals surface area contributed by atoms with Gasteiger partial charge in [0.2, 0.25) is 0 Å². The van der Waals surface area contributed by atoms with Crippen LogP contribution in [0.5, 0.6) is 0 Å². The Balaban J connectivity index is 0. The highest BCUT2D eigenvalue weighted by molar-refractivity contribution is 8.18. The van der Waals surface area contributed by atoms with Crippen molar-refractivity contribution in [3.05, 3.63) is 0 Å². The zero-order valence-electron chi connectivity index (χ0n) is 9.33. The van der Waals surface area contributed by atoms with Crippen LogP contribution in [-0.2, 0) is 25.0 Å². The summed E-state index contributed by atoms with van der Waals surface area (Å²) in [6.45, 7) is 4.54. The molecule has 0 rings (SSSR count). The number of hydrogen-bond donors (Lipinski definition) is 1. The van der Waals surface area contributed by atoms with E-state index in [1.807, 2.05) is 0 Å². The molecule has 4 heteroatoms. The van der Waals surface area contributed by atoms with Crippen molar-refractivity contribution in [3.63, 3.8) is 0 Å². The maximum absolute atomic E-state index is 8.93. The van der Waals surface area contributed by atoms with E-state index in [0.29, 0.717) is 0 Å². The van der Waals surface area contributed by atoms with E-state index in [2.05, 4.69) is 25.0 Å². The molecule has 0 bridgehead atoms. The molecule has 0 aliphatic carbocycles. The van der Waals surface area contributed by atoms with Gasteiger partial charge in [-0.1, -0.05) is 74.9 Å². The number of hydrogen-bond acceptors (Lipinski definition) is 3. The highest BCUT2D eigenvalue weighted by Gasteiger charge is 1.87. The van der Waals surface area contributed by atoms with Crippen molar-refractivity contribution >= 4 is 20.8 Å². The Morgan fingerprint density at radius 1 is 0.929 bits per heavy atom. The van der Waals surface area contributed by atoms with E-state index < -0.39 is 9.64 Å². The monoisotopic (exact) mass is 239 g/mol. The molecule has 88 valence electrons. The average Bonchev–Trinajstić information content (AvgIpc) is 2.10. The first kappa shape index (κ1) is 16.7. The number of unbranched alkanes of at least 4 members (excludes halogenated alkanes) is 7. The van der Waals surface area contributed by atoms with Gasteiger partial charge in [0.15, 0.2) is 0 Å². The highest BCUT2D eigenvalue weighted by Crippen LogP contribution is 2.07. The van der Waals surface area contributed by atoms with E-state index in [9.17, 15) is 0 Å². The summed E-state index contributed by atoms with van der Waals surface area (Å²) in [7, 11) is -2.03. The summed E-state index contributed by atoms with van der Waals surface area (Å²) < 4.78 is 16.3. The minimum Gasteiger partial charge on any atom is -0.459 e. The minimum absolute atomic E-state index is 1.37. The quantitative estimate of drug-likeness (QED) is 0.414. The van der Waals surface area contributed by atoms with E-state index in [1.165, 1.54) is 51.4 Å². The molecule has 0 unspecified atom stereocenters. The van der Waals surface area contributed by atoms with Crippen LogP contribution in [0.15, 0.2) is 0 Å². The molecule has 0 saturated heterocycles. The summed E-state index contributed by atoms with van der Waals surface area (Å²) in [5.74, 6) is 0. The second-order valence-electron chi connectivity index (χ2n) is 3.34. The Hall–Kier alpha value is 0.330. The zero-order chi connectivity index (χ0) is 11.2. The fourth-order valence-electron chi connectivity index (χ4n) is 1.21. The lowest BCUT2D eigenvalue weighted by Crippen LogP contribution is -1.77. The van der Waals surface area contributed by atoms with Gasteiger partial charge in [0.05, 0.1) is 0 Å². The van der Waals surface area contributed by atoms with Gasteiger partial charge in [0, 0.05) is 0 Å². The second-order valence-corrected chi connectivity index (χ2v) is 4.63. The zero-order valence-corrected chi connectivity index (χ0v) is 11.0. The van der Waals surface area contributed by atoms with Crippen LogP contribution in [0.25, 0.3) is 0 Å². The summed E-state index contributed by atoms with van der Waals surface area (Å²) >= 11 is 3.65. The van der Waals surface area contributed by atoms with E-state index in [1.54, 1.807) is 0 Å². The normalized spacial score (nSPS) is 9.71. The molecule has 2 nitrogen and oxygen atoms in total. The fourth-order valence-corrected chi connectivity index (χ4v) is 1.21. The standard InChI is InChI=1S/C10H22.HO2S2/c1-3-5-7-9-10-8-6-4-2;1-4(2)3/h3-10H2,1-2H3;(H,1,2,3)/q;-1. The Morgan fingerprint density at radius 3 is 1.36 bits per heavy atom. The first-order valence-electron chi connectivity index (χ1n) is 5.43. The second kappa shape index (κ2) is 15.8. The van der Waals surface area contributed by atoms with Gasteiger partial charge in [-0.05, 0) is 0 Å². The van der Waals surface area contributed by atoms with Gasteiger partial charge in [0.1, 0.15) is 0 Å². The molecule has 0 fully saturated rings. The first-order chi connectivity index (χ1) is 6.65. The molecule has 14 heavy (non-hydrogen) atoms. The molecule has 0 atom stereocenters. The lowest BCUT2D eigenvalue weighted by Gasteiger charge is -1.97. The van der Waals surface area contributed by atoms with Crippen LogP contribution in [0.1, 0.15) is 65.2 Å². The molecule has 0 heterocycles. The summed E-state index contributed by atoms with van der Waals surface area (Å²) in [6.07, 6.45) is 11.5.